The summed E-state index contributed by atoms with van der Waals surface area (Å²) in [7, 11) is 0. The van der Waals surface area contributed by atoms with Crippen LogP contribution in [-0.4, -0.2) is 39.0 Å². The molecule has 24 heavy (non-hydrogen) atoms. The van der Waals surface area contributed by atoms with E-state index < -0.39 is 0 Å². The SMILES string of the molecule is CC(C(=O)NC1CCc2nccn2C1)N1CCc2ccccc2C1. The summed E-state index contributed by atoms with van der Waals surface area (Å²) < 4.78 is 2.15. The highest BCUT2D eigenvalue weighted by molar-refractivity contribution is 5.81. The van der Waals surface area contributed by atoms with E-state index in [1.165, 1.54) is 11.1 Å². The Kier molecular flexibility index (Phi) is 4.10. The Hall–Kier alpha value is -2.14. The van der Waals surface area contributed by atoms with Gasteiger partial charge in [0, 0.05) is 44.5 Å². The van der Waals surface area contributed by atoms with Gasteiger partial charge >= 0.3 is 0 Å². The lowest BCUT2D eigenvalue weighted by Crippen LogP contribution is -2.51. The highest BCUT2D eigenvalue weighted by Gasteiger charge is 2.27. The van der Waals surface area contributed by atoms with E-state index in [-0.39, 0.29) is 18.0 Å². The molecule has 3 heterocycles. The third-order valence-corrected chi connectivity index (χ3v) is 5.37. The lowest BCUT2D eigenvalue weighted by atomic mass is 9.98. The van der Waals surface area contributed by atoms with E-state index in [0.29, 0.717) is 0 Å². The van der Waals surface area contributed by atoms with Crippen molar-refractivity contribution in [2.24, 2.45) is 0 Å². The number of fused-ring (bicyclic) bond motifs is 2. The summed E-state index contributed by atoms with van der Waals surface area (Å²) >= 11 is 0. The number of carbonyl (C=O) groups excluding carboxylic acids is 1. The molecule has 2 unspecified atom stereocenters. The van der Waals surface area contributed by atoms with Crippen molar-refractivity contribution in [3.63, 3.8) is 0 Å². The van der Waals surface area contributed by atoms with E-state index in [1.54, 1.807) is 0 Å². The van der Waals surface area contributed by atoms with E-state index in [9.17, 15) is 4.79 Å². The molecule has 5 heteroatoms. The van der Waals surface area contributed by atoms with Crippen LogP contribution in [0.2, 0.25) is 0 Å². The molecular formula is C19H24N4O. The monoisotopic (exact) mass is 324 g/mol. The normalized spacial score (nSPS) is 21.6. The Morgan fingerprint density at radius 2 is 2.12 bits per heavy atom. The summed E-state index contributed by atoms with van der Waals surface area (Å²) in [5.74, 6) is 1.27. The van der Waals surface area contributed by atoms with Gasteiger partial charge in [0.1, 0.15) is 5.82 Å². The van der Waals surface area contributed by atoms with Crippen molar-refractivity contribution >= 4 is 5.91 Å². The molecular weight excluding hydrogens is 300 g/mol. The Morgan fingerprint density at radius 3 is 3.00 bits per heavy atom. The number of aryl methyl sites for hydroxylation is 1. The highest BCUT2D eigenvalue weighted by Crippen LogP contribution is 2.20. The van der Waals surface area contributed by atoms with Gasteiger partial charge in [-0.25, -0.2) is 4.98 Å². The number of benzene rings is 1. The standard InChI is InChI=1S/C19H24N4O/c1-14(22-10-8-15-4-2-3-5-16(15)12-22)19(24)21-17-6-7-18-20-9-11-23(18)13-17/h2-5,9,11,14,17H,6-8,10,12-13H2,1H3,(H,21,24). The van der Waals surface area contributed by atoms with Crippen LogP contribution in [0.5, 0.6) is 0 Å². The number of nitrogens with one attached hydrogen (secondary N) is 1. The summed E-state index contributed by atoms with van der Waals surface area (Å²) in [5.41, 5.74) is 2.77. The van der Waals surface area contributed by atoms with Gasteiger partial charge in [-0.05, 0) is 30.9 Å². The Labute approximate surface area is 142 Å². The van der Waals surface area contributed by atoms with Gasteiger partial charge in [-0.2, -0.15) is 0 Å². The lowest BCUT2D eigenvalue weighted by Gasteiger charge is -2.34. The molecule has 0 saturated heterocycles. The Bertz CT molecular complexity index is 738. The molecule has 1 aromatic carbocycles. The molecule has 4 rings (SSSR count). The van der Waals surface area contributed by atoms with Crippen molar-refractivity contribution in [2.75, 3.05) is 6.54 Å². The number of hydrogen-bond acceptors (Lipinski definition) is 3. The van der Waals surface area contributed by atoms with Crippen molar-refractivity contribution in [3.05, 3.63) is 53.6 Å². The van der Waals surface area contributed by atoms with Gasteiger partial charge in [-0.3, -0.25) is 9.69 Å². The fourth-order valence-corrected chi connectivity index (χ4v) is 3.82. The van der Waals surface area contributed by atoms with Gasteiger partial charge in [-0.15, -0.1) is 0 Å². The average Bonchev–Trinajstić information content (AvgIpc) is 3.08. The molecule has 1 amide bonds. The van der Waals surface area contributed by atoms with E-state index in [0.717, 1.165) is 44.7 Å². The second-order valence-corrected chi connectivity index (χ2v) is 6.91. The zero-order valence-electron chi connectivity index (χ0n) is 14.1. The van der Waals surface area contributed by atoms with E-state index in [2.05, 4.69) is 44.0 Å². The minimum absolute atomic E-state index is 0.0949. The van der Waals surface area contributed by atoms with E-state index in [4.69, 9.17) is 0 Å². The van der Waals surface area contributed by atoms with Gasteiger partial charge in [-0.1, -0.05) is 24.3 Å². The largest absolute Gasteiger partial charge is 0.350 e. The number of imidazole rings is 1. The number of hydrogen-bond donors (Lipinski definition) is 1. The summed E-state index contributed by atoms with van der Waals surface area (Å²) in [6, 6.07) is 8.66. The smallest absolute Gasteiger partial charge is 0.237 e. The molecule has 1 aromatic heterocycles. The van der Waals surface area contributed by atoms with Crippen LogP contribution in [0.25, 0.3) is 0 Å². The van der Waals surface area contributed by atoms with Crippen LogP contribution in [0.15, 0.2) is 36.7 Å². The van der Waals surface area contributed by atoms with E-state index in [1.807, 2.05) is 19.3 Å². The molecule has 2 aromatic rings. The van der Waals surface area contributed by atoms with Gasteiger partial charge in [0.05, 0.1) is 6.04 Å². The zero-order chi connectivity index (χ0) is 16.5. The van der Waals surface area contributed by atoms with Gasteiger partial charge in [0.15, 0.2) is 0 Å². The second kappa shape index (κ2) is 6.40. The van der Waals surface area contributed by atoms with Crippen molar-refractivity contribution in [2.45, 2.75) is 51.4 Å². The number of rotatable bonds is 3. The molecule has 126 valence electrons. The molecule has 0 fully saturated rings. The topological polar surface area (TPSA) is 50.2 Å². The third-order valence-electron chi connectivity index (χ3n) is 5.37. The summed E-state index contributed by atoms with van der Waals surface area (Å²) in [5, 5.41) is 3.24. The average molecular weight is 324 g/mol. The molecule has 5 nitrogen and oxygen atoms in total. The van der Waals surface area contributed by atoms with Gasteiger partial charge in [0.25, 0.3) is 0 Å². The highest BCUT2D eigenvalue weighted by atomic mass is 16.2. The molecule has 0 radical (unpaired) electrons. The first-order chi connectivity index (χ1) is 11.7. The van der Waals surface area contributed by atoms with Crippen molar-refractivity contribution in [3.8, 4) is 0 Å². The Balaban J connectivity index is 1.37. The third kappa shape index (κ3) is 2.96. The first kappa shape index (κ1) is 15.4. The van der Waals surface area contributed by atoms with Gasteiger partial charge < -0.3 is 9.88 Å². The maximum atomic E-state index is 12.7. The van der Waals surface area contributed by atoms with Crippen LogP contribution in [0.4, 0.5) is 0 Å². The van der Waals surface area contributed by atoms with E-state index >= 15 is 0 Å². The molecule has 0 bridgehead atoms. The lowest BCUT2D eigenvalue weighted by molar-refractivity contribution is -0.127. The van der Waals surface area contributed by atoms with Crippen LogP contribution >= 0.6 is 0 Å². The molecule has 0 saturated carbocycles. The quantitative estimate of drug-likeness (QED) is 0.936. The number of nitrogens with zero attached hydrogens (tertiary/aromatic N) is 3. The van der Waals surface area contributed by atoms with Crippen LogP contribution in [0.3, 0.4) is 0 Å². The second-order valence-electron chi connectivity index (χ2n) is 6.91. The number of carbonyl (C=O) groups is 1. The predicted molar refractivity (Wildman–Crippen MR) is 92.5 cm³/mol. The van der Waals surface area contributed by atoms with Gasteiger partial charge in [0.2, 0.25) is 5.91 Å². The molecule has 2 aliphatic heterocycles. The summed E-state index contributed by atoms with van der Waals surface area (Å²) in [4.78, 5) is 19.3. The van der Waals surface area contributed by atoms with Crippen molar-refractivity contribution in [1.29, 1.82) is 0 Å². The summed E-state index contributed by atoms with van der Waals surface area (Å²) in [6.45, 7) is 4.66. The molecule has 2 atom stereocenters. The molecule has 2 aliphatic rings. The van der Waals surface area contributed by atoms with Crippen molar-refractivity contribution < 1.29 is 4.79 Å². The van der Waals surface area contributed by atoms with Crippen LogP contribution in [-0.2, 0) is 30.7 Å². The first-order valence-corrected chi connectivity index (χ1v) is 8.82. The Morgan fingerprint density at radius 1 is 1.29 bits per heavy atom. The fraction of sp³-hybridized carbons (Fsp3) is 0.474. The first-order valence-electron chi connectivity index (χ1n) is 8.82. The zero-order valence-corrected chi connectivity index (χ0v) is 14.1. The molecule has 1 N–H and O–H groups in total. The minimum Gasteiger partial charge on any atom is -0.350 e. The van der Waals surface area contributed by atoms with Crippen LogP contribution in [0.1, 0.15) is 30.3 Å². The van der Waals surface area contributed by atoms with Crippen LogP contribution < -0.4 is 5.32 Å². The maximum absolute atomic E-state index is 12.7. The van der Waals surface area contributed by atoms with Crippen molar-refractivity contribution in [1.82, 2.24) is 19.8 Å². The minimum atomic E-state index is -0.0949. The molecule has 0 spiro atoms. The summed E-state index contributed by atoms with van der Waals surface area (Å²) in [6.07, 6.45) is 6.77. The number of amides is 1. The predicted octanol–water partition coefficient (Wildman–Crippen LogP) is 1.76. The fourth-order valence-electron chi connectivity index (χ4n) is 3.82. The van der Waals surface area contributed by atoms with Crippen LogP contribution in [0, 0.1) is 0 Å². The number of aromatic nitrogens is 2. The molecule has 0 aliphatic carbocycles. The maximum Gasteiger partial charge on any atom is 0.237 e.